The van der Waals surface area contributed by atoms with Gasteiger partial charge in [-0.15, -0.1) is 0 Å². The van der Waals surface area contributed by atoms with Crippen LogP contribution < -0.4 is 0 Å². The Morgan fingerprint density at radius 2 is 1.62 bits per heavy atom. The number of aryl methyl sites for hydroxylation is 1. The summed E-state index contributed by atoms with van der Waals surface area (Å²) in [5, 5.41) is 10.7. The first-order valence-electron chi connectivity index (χ1n) is 8.15. The van der Waals surface area contributed by atoms with Crippen molar-refractivity contribution in [3.05, 3.63) is 35.4 Å². The van der Waals surface area contributed by atoms with Gasteiger partial charge in [0.2, 0.25) is 0 Å². The molecule has 1 aromatic carbocycles. The molecule has 3 nitrogen and oxygen atoms in total. The molecule has 0 bridgehead atoms. The standard InChI is InChI=1S/C18H32N2O/c1-6-12-20(14-13-19(4)5)15(3)18(21)17-10-8-16(7-2)9-11-17/h8-11,15,18,21H,6-7,12-14H2,1-5H3. The predicted molar refractivity (Wildman–Crippen MR) is 90.7 cm³/mol. The summed E-state index contributed by atoms with van der Waals surface area (Å²) in [4.78, 5) is 4.58. The summed E-state index contributed by atoms with van der Waals surface area (Å²) in [5.74, 6) is 0. The van der Waals surface area contributed by atoms with Crippen LogP contribution in [-0.4, -0.2) is 54.7 Å². The SMILES string of the molecule is CCCN(CCN(C)C)C(C)C(O)c1ccc(CC)cc1. The third kappa shape index (κ3) is 5.77. The van der Waals surface area contributed by atoms with Crippen LogP contribution in [0.25, 0.3) is 0 Å². The highest BCUT2D eigenvalue weighted by atomic mass is 16.3. The second-order valence-corrected chi connectivity index (χ2v) is 6.12. The van der Waals surface area contributed by atoms with Crippen molar-refractivity contribution >= 4 is 0 Å². The average molecular weight is 292 g/mol. The summed E-state index contributed by atoms with van der Waals surface area (Å²) < 4.78 is 0. The fourth-order valence-electron chi connectivity index (χ4n) is 2.56. The number of aliphatic hydroxyl groups excluding tert-OH is 1. The maximum Gasteiger partial charge on any atom is 0.0942 e. The number of nitrogens with zero attached hydrogens (tertiary/aromatic N) is 2. The maximum absolute atomic E-state index is 10.7. The van der Waals surface area contributed by atoms with Gasteiger partial charge in [0, 0.05) is 19.1 Å². The Kier molecular flexibility index (Phi) is 7.94. The Morgan fingerprint density at radius 3 is 2.10 bits per heavy atom. The number of rotatable bonds is 9. The summed E-state index contributed by atoms with van der Waals surface area (Å²) in [6.07, 6.45) is 1.72. The molecule has 120 valence electrons. The van der Waals surface area contributed by atoms with Crippen molar-refractivity contribution in [1.29, 1.82) is 0 Å². The average Bonchev–Trinajstić information content (AvgIpc) is 2.50. The van der Waals surface area contributed by atoms with Gasteiger partial charge < -0.3 is 10.0 Å². The molecule has 0 aromatic heterocycles. The second kappa shape index (κ2) is 9.19. The molecule has 21 heavy (non-hydrogen) atoms. The van der Waals surface area contributed by atoms with Crippen LogP contribution in [0.15, 0.2) is 24.3 Å². The molecule has 0 spiro atoms. The lowest BCUT2D eigenvalue weighted by molar-refractivity contribution is 0.0541. The van der Waals surface area contributed by atoms with Crippen LogP contribution in [0.3, 0.4) is 0 Å². The van der Waals surface area contributed by atoms with Crippen LogP contribution in [-0.2, 0) is 6.42 Å². The van der Waals surface area contributed by atoms with Crippen LogP contribution in [0.5, 0.6) is 0 Å². The zero-order valence-electron chi connectivity index (χ0n) is 14.3. The molecule has 0 aliphatic rings. The van der Waals surface area contributed by atoms with E-state index >= 15 is 0 Å². The molecular formula is C18H32N2O. The Morgan fingerprint density at radius 1 is 1.00 bits per heavy atom. The van der Waals surface area contributed by atoms with E-state index in [1.165, 1.54) is 5.56 Å². The fourth-order valence-corrected chi connectivity index (χ4v) is 2.56. The third-order valence-electron chi connectivity index (χ3n) is 4.11. The molecule has 1 N–H and O–H groups in total. The first kappa shape index (κ1) is 18.1. The third-order valence-corrected chi connectivity index (χ3v) is 4.11. The number of hydrogen-bond acceptors (Lipinski definition) is 3. The monoisotopic (exact) mass is 292 g/mol. The molecule has 1 rings (SSSR count). The van der Waals surface area contributed by atoms with E-state index in [0.717, 1.165) is 38.0 Å². The van der Waals surface area contributed by atoms with E-state index in [1.54, 1.807) is 0 Å². The molecule has 3 heteroatoms. The Labute approximate surface area is 130 Å². The van der Waals surface area contributed by atoms with Crippen molar-refractivity contribution < 1.29 is 5.11 Å². The lowest BCUT2D eigenvalue weighted by Gasteiger charge is -2.33. The normalized spacial score (nSPS) is 14.7. The van der Waals surface area contributed by atoms with Crippen molar-refractivity contribution in [2.24, 2.45) is 0 Å². The molecule has 0 aliphatic heterocycles. The van der Waals surface area contributed by atoms with E-state index in [0.29, 0.717) is 0 Å². The minimum absolute atomic E-state index is 0.136. The molecule has 0 saturated heterocycles. The Balaban J connectivity index is 2.72. The maximum atomic E-state index is 10.7. The zero-order valence-corrected chi connectivity index (χ0v) is 14.3. The minimum atomic E-state index is -0.426. The largest absolute Gasteiger partial charge is 0.387 e. The van der Waals surface area contributed by atoms with Gasteiger partial charge in [-0.2, -0.15) is 0 Å². The topological polar surface area (TPSA) is 26.7 Å². The molecular weight excluding hydrogens is 260 g/mol. The van der Waals surface area contributed by atoms with Gasteiger partial charge in [0.1, 0.15) is 0 Å². The quantitative estimate of drug-likeness (QED) is 0.758. The number of aliphatic hydroxyl groups is 1. The summed E-state index contributed by atoms with van der Waals surface area (Å²) in [7, 11) is 4.18. The highest BCUT2D eigenvalue weighted by Crippen LogP contribution is 2.21. The molecule has 0 fully saturated rings. The van der Waals surface area contributed by atoms with Gasteiger partial charge in [-0.1, -0.05) is 38.1 Å². The van der Waals surface area contributed by atoms with Gasteiger partial charge >= 0.3 is 0 Å². The zero-order chi connectivity index (χ0) is 15.8. The fraction of sp³-hybridized carbons (Fsp3) is 0.667. The van der Waals surface area contributed by atoms with Crippen LogP contribution in [0.2, 0.25) is 0 Å². The van der Waals surface area contributed by atoms with Gasteiger partial charge in [0.05, 0.1) is 6.10 Å². The second-order valence-electron chi connectivity index (χ2n) is 6.12. The number of benzene rings is 1. The molecule has 0 amide bonds. The van der Waals surface area contributed by atoms with Gasteiger partial charge in [-0.05, 0) is 51.5 Å². The Bertz CT molecular complexity index is 389. The van der Waals surface area contributed by atoms with E-state index in [4.69, 9.17) is 0 Å². The molecule has 0 heterocycles. The minimum Gasteiger partial charge on any atom is -0.387 e. The van der Waals surface area contributed by atoms with Crippen molar-refractivity contribution in [2.75, 3.05) is 33.7 Å². The van der Waals surface area contributed by atoms with Crippen molar-refractivity contribution in [1.82, 2.24) is 9.80 Å². The summed E-state index contributed by atoms with van der Waals surface area (Å²) in [5.41, 5.74) is 2.34. The van der Waals surface area contributed by atoms with Crippen LogP contribution in [0, 0.1) is 0 Å². The number of hydrogen-bond donors (Lipinski definition) is 1. The lowest BCUT2D eigenvalue weighted by Crippen LogP contribution is -2.41. The smallest absolute Gasteiger partial charge is 0.0942 e. The van der Waals surface area contributed by atoms with Gasteiger partial charge in [-0.3, -0.25) is 4.90 Å². The van der Waals surface area contributed by atoms with Crippen molar-refractivity contribution in [2.45, 2.75) is 45.8 Å². The summed E-state index contributed by atoms with van der Waals surface area (Å²) in [6, 6.07) is 8.51. The number of likely N-dealkylation sites (N-methyl/N-ethyl adjacent to an activating group) is 1. The van der Waals surface area contributed by atoms with E-state index < -0.39 is 6.10 Å². The van der Waals surface area contributed by atoms with Crippen LogP contribution in [0.4, 0.5) is 0 Å². The van der Waals surface area contributed by atoms with E-state index in [1.807, 2.05) is 0 Å². The van der Waals surface area contributed by atoms with Crippen LogP contribution in [0.1, 0.15) is 44.4 Å². The summed E-state index contributed by atoms with van der Waals surface area (Å²) in [6.45, 7) is 9.51. The van der Waals surface area contributed by atoms with Crippen LogP contribution >= 0.6 is 0 Å². The van der Waals surface area contributed by atoms with Crippen molar-refractivity contribution in [3.63, 3.8) is 0 Å². The van der Waals surface area contributed by atoms with Gasteiger partial charge in [0.15, 0.2) is 0 Å². The molecule has 2 unspecified atom stereocenters. The molecule has 1 aromatic rings. The Hall–Kier alpha value is -0.900. The molecule has 0 radical (unpaired) electrons. The van der Waals surface area contributed by atoms with Crippen molar-refractivity contribution in [3.8, 4) is 0 Å². The lowest BCUT2D eigenvalue weighted by atomic mass is 10.00. The van der Waals surface area contributed by atoms with E-state index in [-0.39, 0.29) is 6.04 Å². The highest BCUT2D eigenvalue weighted by Gasteiger charge is 2.22. The first-order valence-corrected chi connectivity index (χ1v) is 8.15. The predicted octanol–water partition coefficient (Wildman–Crippen LogP) is 2.94. The summed E-state index contributed by atoms with van der Waals surface area (Å²) >= 11 is 0. The molecule has 0 saturated carbocycles. The highest BCUT2D eigenvalue weighted by molar-refractivity contribution is 5.25. The van der Waals surface area contributed by atoms with E-state index in [2.05, 4.69) is 68.9 Å². The molecule has 0 aliphatic carbocycles. The van der Waals surface area contributed by atoms with Gasteiger partial charge in [-0.25, -0.2) is 0 Å². The first-order chi connectivity index (χ1) is 9.99. The van der Waals surface area contributed by atoms with Gasteiger partial charge in [0.25, 0.3) is 0 Å². The van der Waals surface area contributed by atoms with E-state index in [9.17, 15) is 5.11 Å². The molecule has 2 atom stereocenters.